The standard InChI is InChI=1S/C14H13ClN8O/c15-10-2-3-12(23-9-20-21-22-23)11(8-10)13(24)16-6-7-19-14-17-4-1-5-18-14/h1-5,8-9H,6-7H2,(H,16,24)(H,17,18,19). The van der Waals surface area contributed by atoms with Crippen LogP contribution in [0.1, 0.15) is 10.4 Å². The zero-order valence-corrected chi connectivity index (χ0v) is 13.2. The number of nitrogens with one attached hydrogen (secondary N) is 2. The van der Waals surface area contributed by atoms with Crippen LogP contribution in [0.25, 0.3) is 5.69 Å². The van der Waals surface area contributed by atoms with E-state index >= 15 is 0 Å². The summed E-state index contributed by atoms with van der Waals surface area (Å²) < 4.78 is 1.40. The molecular weight excluding hydrogens is 332 g/mol. The number of amides is 1. The fourth-order valence-electron chi connectivity index (χ4n) is 2.00. The Labute approximate surface area is 142 Å². The number of carbonyl (C=O) groups excluding carboxylic acids is 1. The molecule has 0 spiro atoms. The van der Waals surface area contributed by atoms with E-state index in [4.69, 9.17) is 11.6 Å². The van der Waals surface area contributed by atoms with Crippen molar-refractivity contribution in [3.8, 4) is 5.69 Å². The van der Waals surface area contributed by atoms with Gasteiger partial charge >= 0.3 is 0 Å². The van der Waals surface area contributed by atoms with Crippen LogP contribution < -0.4 is 10.6 Å². The summed E-state index contributed by atoms with van der Waals surface area (Å²) in [6, 6.07) is 6.65. The van der Waals surface area contributed by atoms with Gasteiger partial charge in [0.15, 0.2) is 0 Å². The molecule has 0 radical (unpaired) electrons. The lowest BCUT2D eigenvalue weighted by Gasteiger charge is -2.10. The Kier molecular flexibility index (Phi) is 4.92. The van der Waals surface area contributed by atoms with E-state index in [0.717, 1.165) is 0 Å². The zero-order valence-electron chi connectivity index (χ0n) is 12.4. The monoisotopic (exact) mass is 344 g/mol. The molecule has 0 atom stereocenters. The molecule has 0 aliphatic carbocycles. The van der Waals surface area contributed by atoms with Gasteiger partial charge in [-0.25, -0.2) is 9.97 Å². The number of hydrogen-bond acceptors (Lipinski definition) is 7. The number of carbonyl (C=O) groups is 1. The molecule has 0 saturated heterocycles. The van der Waals surface area contributed by atoms with Gasteiger partial charge in [0.1, 0.15) is 6.33 Å². The van der Waals surface area contributed by atoms with Crippen LogP contribution in [0.2, 0.25) is 5.02 Å². The second-order valence-electron chi connectivity index (χ2n) is 4.67. The third-order valence-electron chi connectivity index (χ3n) is 3.06. The minimum atomic E-state index is -0.279. The second kappa shape index (κ2) is 7.47. The average molecular weight is 345 g/mol. The smallest absolute Gasteiger partial charge is 0.253 e. The largest absolute Gasteiger partial charge is 0.352 e. The summed E-state index contributed by atoms with van der Waals surface area (Å²) in [5, 5.41) is 17.2. The highest BCUT2D eigenvalue weighted by atomic mass is 35.5. The van der Waals surface area contributed by atoms with E-state index in [2.05, 4.69) is 36.1 Å². The van der Waals surface area contributed by atoms with Gasteiger partial charge < -0.3 is 10.6 Å². The van der Waals surface area contributed by atoms with Crippen LogP contribution in [0.3, 0.4) is 0 Å². The molecule has 3 aromatic rings. The fourth-order valence-corrected chi connectivity index (χ4v) is 2.17. The van der Waals surface area contributed by atoms with Crippen LogP contribution >= 0.6 is 11.6 Å². The number of hydrogen-bond donors (Lipinski definition) is 2. The van der Waals surface area contributed by atoms with Crippen molar-refractivity contribution < 1.29 is 4.79 Å². The molecule has 0 bridgehead atoms. The van der Waals surface area contributed by atoms with Crippen LogP contribution in [0.4, 0.5) is 5.95 Å². The summed E-state index contributed by atoms with van der Waals surface area (Å²) in [6.45, 7) is 0.870. The summed E-state index contributed by atoms with van der Waals surface area (Å²) in [4.78, 5) is 20.5. The lowest BCUT2D eigenvalue weighted by atomic mass is 10.1. The predicted molar refractivity (Wildman–Crippen MR) is 87.0 cm³/mol. The summed E-state index contributed by atoms with van der Waals surface area (Å²) in [5.41, 5.74) is 0.923. The third kappa shape index (κ3) is 3.82. The maximum absolute atomic E-state index is 12.4. The minimum absolute atomic E-state index is 0.279. The van der Waals surface area contributed by atoms with Crippen molar-refractivity contribution >= 4 is 23.5 Å². The van der Waals surface area contributed by atoms with E-state index in [1.165, 1.54) is 11.0 Å². The van der Waals surface area contributed by atoms with E-state index in [1.807, 2.05) is 0 Å². The molecule has 2 aromatic heterocycles. The summed E-state index contributed by atoms with van der Waals surface area (Å²) in [6.07, 6.45) is 4.69. The Morgan fingerprint density at radius 2 is 2.04 bits per heavy atom. The van der Waals surface area contributed by atoms with Crippen molar-refractivity contribution in [2.75, 3.05) is 18.4 Å². The molecule has 9 nitrogen and oxygen atoms in total. The van der Waals surface area contributed by atoms with E-state index in [1.54, 1.807) is 36.7 Å². The average Bonchev–Trinajstić information content (AvgIpc) is 3.14. The SMILES string of the molecule is O=C(NCCNc1ncccn1)c1cc(Cl)ccc1-n1cnnn1. The molecule has 0 fully saturated rings. The van der Waals surface area contributed by atoms with Crippen molar-refractivity contribution in [2.24, 2.45) is 0 Å². The first-order chi connectivity index (χ1) is 11.7. The van der Waals surface area contributed by atoms with E-state index in [-0.39, 0.29) is 5.91 Å². The topological polar surface area (TPSA) is 111 Å². The van der Waals surface area contributed by atoms with E-state index in [0.29, 0.717) is 35.3 Å². The van der Waals surface area contributed by atoms with Crippen molar-refractivity contribution in [1.29, 1.82) is 0 Å². The molecule has 0 aliphatic heterocycles. The van der Waals surface area contributed by atoms with Crippen molar-refractivity contribution in [2.45, 2.75) is 0 Å². The highest BCUT2D eigenvalue weighted by Gasteiger charge is 2.14. The number of rotatable bonds is 6. The predicted octanol–water partition coefficient (Wildman–Crippen LogP) is 0.948. The highest BCUT2D eigenvalue weighted by Crippen LogP contribution is 2.18. The second-order valence-corrected chi connectivity index (χ2v) is 5.11. The Morgan fingerprint density at radius 3 is 2.79 bits per heavy atom. The third-order valence-corrected chi connectivity index (χ3v) is 3.29. The quantitative estimate of drug-likeness (QED) is 0.640. The summed E-state index contributed by atoms with van der Waals surface area (Å²) in [5.74, 6) is 0.225. The maximum atomic E-state index is 12.4. The van der Waals surface area contributed by atoms with Gasteiger partial charge in [-0.1, -0.05) is 11.6 Å². The van der Waals surface area contributed by atoms with Crippen LogP contribution in [-0.4, -0.2) is 49.2 Å². The van der Waals surface area contributed by atoms with Gasteiger partial charge in [0, 0.05) is 30.5 Å². The molecule has 1 aromatic carbocycles. The lowest BCUT2D eigenvalue weighted by molar-refractivity contribution is 0.0955. The number of nitrogens with zero attached hydrogens (tertiary/aromatic N) is 6. The van der Waals surface area contributed by atoms with Crippen molar-refractivity contribution in [1.82, 2.24) is 35.5 Å². The molecular formula is C14H13ClN8O. The van der Waals surface area contributed by atoms with Crippen molar-refractivity contribution in [3.05, 3.63) is 53.6 Å². The van der Waals surface area contributed by atoms with Crippen LogP contribution in [0.15, 0.2) is 43.0 Å². The summed E-state index contributed by atoms with van der Waals surface area (Å²) >= 11 is 5.99. The van der Waals surface area contributed by atoms with Gasteiger partial charge in [-0.2, -0.15) is 4.68 Å². The number of benzene rings is 1. The Hall–Kier alpha value is -3.07. The first-order valence-electron chi connectivity index (χ1n) is 7.06. The fraction of sp³-hybridized carbons (Fsp3) is 0.143. The van der Waals surface area contributed by atoms with Gasteiger partial charge in [-0.3, -0.25) is 4.79 Å². The van der Waals surface area contributed by atoms with E-state index in [9.17, 15) is 4.79 Å². The van der Waals surface area contributed by atoms with Crippen LogP contribution in [-0.2, 0) is 0 Å². The zero-order chi connectivity index (χ0) is 16.8. The number of aromatic nitrogens is 6. The molecule has 2 heterocycles. The first kappa shape index (κ1) is 15.8. The first-order valence-corrected chi connectivity index (χ1v) is 7.44. The number of tetrazole rings is 1. The molecule has 2 N–H and O–H groups in total. The molecule has 10 heteroatoms. The molecule has 1 amide bonds. The molecule has 0 unspecified atom stereocenters. The van der Waals surface area contributed by atoms with Crippen LogP contribution in [0.5, 0.6) is 0 Å². The van der Waals surface area contributed by atoms with Gasteiger partial charge in [-0.15, -0.1) is 5.10 Å². The Bertz CT molecular complexity index is 809. The molecule has 0 saturated carbocycles. The molecule has 3 rings (SSSR count). The minimum Gasteiger partial charge on any atom is -0.352 e. The van der Waals surface area contributed by atoms with E-state index < -0.39 is 0 Å². The number of halogens is 1. The Balaban J connectivity index is 1.63. The van der Waals surface area contributed by atoms with Gasteiger partial charge in [0.2, 0.25) is 5.95 Å². The lowest BCUT2D eigenvalue weighted by Crippen LogP contribution is -2.30. The maximum Gasteiger partial charge on any atom is 0.253 e. The normalized spacial score (nSPS) is 10.4. The molecule has 0 aliphatic rings. The Morgan fingerprint density at radius 1 is 1.21 bits per heavy atom. The van der Waals surface area contributed by atoms with Gasteiger partial charge in [0.05, 0.1) is 11.3 Å². The molecule has 122 valence electrons. The summed E-state index contributed by atoms with van der Waals surface area (Å²) in [7, 11) is 0. The van der Waals surface area contributed by atoms with Crippen LogP contribution in [0, 0.1) is 0 Å². The van der Waals surface area contributed by atoms with Gasteiger partial charge in [-0.05, 0) is 34.7 Å². The van der Waals surface area contributed by atoms with Gasteiger partial charge in [0.25, 0.3) is 5.91 Å². The number of anilines is 1. The molecule has 24 heavy (non-hydrogen) atoms. The van der Waals surface area contributed by atoms with Crippen molar-refractivity contribution in [3.63, 3.8) is 0 Å². The highest BCUT2D eigenvalue weighted by molar-refractivity contribution is 6.31.